The molecule has 0 radical (unpaired) electrons. The van der Waals surface area contributed by atoms with Gasteiger partial charge in [-0.15, -0.1) is 0 Å². The van der Waals surface area contributed by atoms with Gasteiger partial charge in [0.25, 0.3) is 0 Å². The molecule has 0 saturated carbocycles. The van der Waals surface area contributed by atoms with Gasteiger partial charge in [0.1, 0.15) is 5.82 Å². The zero-order valence-electron chi connectivity index (χ0n) is 13.6. The van der Waals surface area contributed by atoms with Gasteiger partial charge in [-0.2, -0.15) is 0 Å². The molecule has 24 heavy (non-hydrogen) atoms. The summed E-state index contributed by atoms with van der Waals surface area (Å²) < 4.78 is 13.5. The van der Waals surface area contributed by atoms with Crippen LogP contribution >= 0.6 is 0 Å². The van der Waals surface area contributed by atoms with Crippen LogP contribution in [0.3, 0.4) is 0 Å². The van der Waals surface area contributed by atoms with E-state index < -0.39 is 0 Å². The maximum Gasteiger partial charge on any atom is 0.322 e. The lowest BCUT2D eigenvalue weighted by Crippen LogP contribution is -2.39. The minimum Gasteiger partial charge on any atom is -0.395 e. The number of anilines is 1. The summed E-state index contributed by atoms with van der Waals surface area (Å²) in [5, 5.41) is 12.1. The molecule has 126 valence electrons. The van der Waals surface area contributed by atoms with Crippen LogP contribution in [0.5, 0.6) is 0 Å². The number of halogens is 1. The topological polar surface area (TPSA) is 52.6 Å². The number of carbonyl (C=O) groups is 1. The van der Waals surface area contributed by atoms with E-state index in [1.165, 1.54) is 17.7 Å². The number of nitrogens with zero attached hydrogens (tertiary/aromatic N) is 1. The third-order valence-corrected chi connectivity index (χ3v) is 4.37. The van der Waals surface area contributed by atoms with E-state index >= 15 is 0 Å². The van der Waals surface area contributed by atoms with Gasteiger partial charge in [-0.05, 0) is 54.7 Å². The van der Waals surface area contributed by atoms with Crippen LogP contribution < -0.4 is 5.32 Å². The summed E-state index contributed by atoms with van der Waals surface area (Å²) in [5.41, 5.74) is 3.52. The lowest BCUT2D eigenvalue weighted by atomic mass is 10.1. The van der Waals surface area contributed by atoms with Gasteiger partial charge in [0.15, 0.2) is 0 Å². The molecule has 0 fully saturated rings. The molecule has 0 aliphatic heterocycles. The second-order valence-electron chi connectivity index (χ2n) is 6.12. The zero-order chi connectivity index (χ0) is 17.1. The number of hydrogen-bond acceptors (Lipinski definition) is 2. The molecule has 1 aliphatic carbocycles. The van der Waals surface area contributed by atoms with Crippen molar-refractivity contribution in [3.8, 4) is 0 Å². The van der Waals surface area contributed by atoms with Gasteiger partial charge in [-0.1, -0.05) is 24.3 Å². The molecule has 0 aromatic heterocycles. The number of rotatable bonds is 4. The summed E-state index contributed by atoms with van der Waals surface area (Å²) in [6, 6.07) is 12.1. The third-order valence-electron chi connectivity index (χ3n) is 4.37. The van der Waals surface area contributed by atoms with E-state index in [4.69, 9.17) is 0 Å². The Morgan fingerprint density at radius 3 is 2.88 bits per heavy atom. The molecule has 2 amide bonds. The molecule has 0 saturated heterocycles. The fraction of sp³-hybridized carbons (Fsp3) is 0.316. The lowest BCUT2D eigenvalue weighted by Gasteiger charge is -2.29. The number of amides is 2. The van der Waals surface area contributed by atoms with Gasteiger partial charge in [-0.3, -0.25) is 0 Å². The van der Waals surface area contributed by atoms with Gasteiger partial charge < -0.3 is 15.3 Å². The molecule has 0 heterocycles. The molecular formula is C19H21FN2O2. The minimum atomic E-state index is -0.384. The van der Waals surface area contributed by atoms with Gasteiger partial charge in [0.05, 0.1) is 12.6 Å². The molecule has 2 N–H and O–H groups in total. The Kier molecular flexibility index (Phi) is 4.81. The van der Waals surface area contributed by atoms with Crippen molar-refractivity contribution in [2.75, 3.05) is 18.5 Å². The van der Waals surface area contributed by atoms with Crippen molar-refractivity contribution >= 4 is 11.7 Å². The molecule has 0 bridgehead atoms. The highest BCUT2D eigenvalue weighted by Crippen LogP contribution is 2.35. The smallest absolute Gasteiger partial charge is 0.322 e. The van der Waals surface area contributed by atoms with Crippen LogP contribution in [0.2, 0.25) is 0 Å². The van der Waals surface area contributed by atoms with E-state index in [-0.39, 0.29) is 31.0 Å². The lowest BCUT2D eigenvalue weighted by molar-refractivity contribution is 0.162. The van der Waals surface area contributed by atoms with Crippen molar-refractivity contribution in [3.63, 3.8) is 0 Å². The quantitative estimate of drug-likeness (QED) is 0.900. The Hall–Kier alpha value is -2.40. The van der Waals surface area contributed by atoms with Crippen LogP contribution in [-0.4, -0.2) is 29.2 Å². The largest absolute Gasteiger partial charge is 0.395 e. The second-order valence-corrected chi connectivity index (χ2v) is 6.12. The van der Waals surface area contributed by atoms with Crippen LogP contribution in [0.25, 0.3) is 0 Å². The van der Waals surface area contributed by atoms with Gasteiger partial charge in [0.2, 0.25) is 0 Å². The Balaban J connectivity index is 1.82. The van der Waals surface area contributed by atoms with E-state index in [9.17, 15) is 14.3 Å². The molecule has 0 spiro atoms. The highest BCUT2D eigenvalue weighted by atomic mass is 19.1. The number of fused-ring (bicyclic) bond motifs is 1. The van der Waals surface area contributed by atoms with Gasteiger partial charge in [0, 0.05) is 12.2 Å². The van der Waals surface area contributed by atoms with Crippen molar-refractivity contribution in [2.45, 2.75) is 25.8 Å². The fourth-order valence-corrected chi connectivity index (χ4v) is 3.37. The van der Waals surface area contributed by atoms with E-state index in [1.54, 1.807) is 17.9 Å². The summed E-state index contributed by atoms with van der Waals surface area (Å²) in [5.74, 6) is -0.384. The Morgan fingerprint density at radius 2 is 2.12 bits per heavy atom. The third kappa shape index (κ3) is 3.41. The standard InChI is InChI=1S/C19H21FN2O2/c1-13-10-15(20)12-16(11-13)21-19(24)22(8-9-23)18-7-6-14-4-2-3-5-17(14)18/h2-5,10-12,18,23H,6-9H2,1H3,(H,21,24). The first kappa shape index (κ1) is 16.5. The van der Waals surface area contributed by atoms with E-state index in [2.05, 4.69) is 11.4 Å². The van der Waals surface area contributed by atoms with Crippen LogP contribution in [0.1, 0.15) is 29.2 Å². The van der Waals surface area contributed by atoms with Crippen molar-refractivity contribution in [2.24, 2.45) is 0 Å². The van der Waals surface area contributed by atoms with Gasteiger partial charge >= 0.3 is 6.03 Å². The van der Waals surface area contributed by atoms with Crippen molar-refractivity contribution in [3.05, 3.63) is 65.0 Å². The zero-order valence-corrected chi connectivity index (χ0v) is 13.6. The number of aliphatic hydroxyl groups is 1. The molecule has 1 unspecified atom stereocenters. The molecule has 4 nitrogen and oxygen atoms in total. The normalized spacial score (nSPS) is 15.9. The SMILES string of the molecule is Cc1cc(F)cc(NC(=O)N(CCO)C2CCc3ccccc32)c1. The van der Waals surface area contributed by atoms with Crippen LogP contribution in [0.4, 0.5) is 14.9 Å². The Bertz CT molecular complexity index is 728. The summed E-state index contributed by atoms with van der Waals surface area (Å²) in [7, 11) is 0. The molecule has 1 atom stereocenters. The summed E-state index contributed by atoms with van der Waals surface area (Å²) in [6.45, 7) is 1.89. The first-order valence-electron chi connectivity index (χ1n) is 8.12. The monoisotopic (exact) mass is 328 g/mol. The first-order chi connectivity index (χ1) is 11.6. The van der Waals surface area contributed by atoms with Crippen LogP contribution in [0.15, 0.2) is 42.5 Å². The van der Waals surface area contributed by atoms with Crippen LogP contribution in [0, 0.1) is 12.7 Å². The fourth-order valence-electron chi connectivity index (χ4n) is 3.37. The average molecular weight is 328 g/mol. The van der Waals surface area contributed by atoms with Gasteiger partial charge in [-0.25, -0.2) is 9.18 Å². The predicted molar refractivity (Wildman–Crippen MR) is 91.5 cm³/mol. The molecule has 5 heteroatoms. The number of hydrogen-bond donors (Lipinski definition) is 2. The molecular weight excluding hydrogens is 307 g/mol. The van der Waals surface area contributed by atoms with E-state index in [1.807, 2.05) is 18.2 Å². The summed E-state index contributed by atoms with van der Waals surface area (Å²) in [4.78, 5) is 14.3. The molecule has 2 aromatic carbocycles. The number of benzene rings is 2. The second kappa shape index (κ2) is 7.01. The van der Waals surface area contributed by atoms with Crippen molar-refractivity contribution in [1.29, 1.82) is 0 Å². The van der Waals surface area contributed by atoms with Crippen molar-refractivity contribution in [1.82, 2.24) is 4.90 Å². The predicted octanol–water partition coefficient (Wildman–Crippen LogP) is 3.65. The highest BCUT2D eigenvalue weighted by molar-refractivity contribution is 5.89. The number of aliphatic hydroxyl groups excluding tert-OH is 1. The first-order valence-corrected chi connectivity index (χ1v) is 8.12. The number of urea groups is 1. The highest BCUT2D eigenvalue weighted by Gasteiger charge is 2.30. The number of nitrogens with one attached hydrogen (secondary N) is 1. The number of aryl methyl sites for hydroxylation is 2. The molecule has 2 aromatic rings. The molecule has 3 rings (SSSR count). The van der Waals surface area contributed by atoms with Crippen LogP contribution in [-0.2, 0) is 6.42 Å². The summed E-state index contributed by atoms with van der Waals surface area (Å²) in [6.07, 6.45) is 1.74. The summed E-state index contributed by atoms with van der Waals surface area (Å²) >= 11 is 0. The minimum absolute atomic E-state index is 0.0667. The Morgan fingerprint density at radius 1 is 1.33 bits per heavy atom. The molecule has 1 aliphatic rings. The number of carbonyl (C=O) groups excluding carboxylic acids is 1. The average Bonchev–Trinajstić information content (AvgIpc) is 2.95. The Labute approximate surface area is 140 Å². The maximum atomic E-state index is 13.5. The van der Waals surface area contributed by atoms with E-state index in [0.29, 0.717) is 5.69 Å². The maximum absolute atomic E-state index is 13.5. The van der Waals surface area contributed by atoms with E-state index in [0.717, 1.165) is 24.0 Å². The van der Waals surface area contributed by atoms with Crippen molar-refractivity contribution < 1.29 is 14.3 Å².